The molecule has 0 saturated heterocycles. The average molecular weight is 286 g/mol. The number of esters is 1. The van der Waals surface area contributed by atoms with Gasteiger partial charge in [0.25, 0.3) is 0 Å². The second-order valence-corrected chi connectivity index (χ2v) is 4.31. The van der Waals surface area contributed by atoms with Crippen LogP contribution in [0.25, 0.3) is 0 Å². The first-order chi connectivity index (χ1) is 9.42. The van der Waals surface area contributed by atoms with E-state index in [1.54, 1.807) is 13.1 Å². The summed E-state index contributed by atoms with van der Waals surface area (Å²) in [5.74, 6) is -1.69. The molecule has 0 unspecified atom stereocenters. The van der Waals surface area contributed by atoms with Crippen molar-refractivity contribution >= 4 is 18.0 Å². The van der Waals surface area contributed by atoms with E-state index < -0.39 is 24.0 Å². The van der Waals surface area contributed by atoms with Crippen LogP contribution in [0.5, 0.6) is 0 Å². The Morgan fingerprint density at radius 2 is 2.10 bits per heavy atom. The third-order valence-corrected chi connectivity index (χ3v) is 2.71. The molecule has 0 aliphatic heterocycles. The van der Waals surface area contributed by atoms with E-state index in [0.29, 0.717) is 6.54 Å². The summed E-state index contributed by atoms with van der Waals surface area (Å²) in [5, 5.41) is 11.4. The van der Waals surface area contributed by atoms with Gasteiger partial charge in [-0.2, -0.15) is 0 Å². The quantitative estimate of drug-likeness (QED) is 0.374. The second-order valence-electron chi connectivity index (χ2n) is 4.31. The first kappa shape index (κ1) is 17.9. The van der Waals surface area contributed by atoms with Crippen LogP contribution >= 0.6 is 0 Å². The number of hydrogen-bond acceptors (Lipinski definition) is 4. The number of nitrogens with one attached hydrogen (secondary N) is 1. The zero-order chi connectivity index (χ0) is 15.5. The highest BCUT2D eigenvalue weighted by Crippen LogP contribution is 2.01. The third-order valence-electron chi connectivity index (χ3n) is 2.71. The van der Waals surface area contributed by atoms with Crippen molar-refractivity contribution in [2.75, 3.05) is 20.7 Å². The highest BCUT2D eigenvalue weighted by Gasteiger charge is 2.22. The molecule has 1 atom stereocenters. The fourth-order valence-corrected chi connectivity index (χ4v) is 1.46. The smallest absolute Gasteiger partial charge is 0.326 e. The van der Waals surface area contributed by atoms with Crippen LogP contribution in [0.1, 0.15) is 25.7 Å². The van der Waals surface area contributed by atoms with Gasteiger partial charge in [-0.25, -0.2) is 9.59 Å². The van der Waals surface area contributed by atoms with Gasteiger partial charge in [0, 0.05) is 20.0 Å². The molecule has 7 nitrogen and oxygen atoms in total. The van der Waals surface area contributed by atoms with Gasteiger partial charge in [0.2, 0.25) is 0 Å². The maximum absolute atomic E-state index is 11.8. The first-order valence-electron chi connectivity index (χ1n) is 6.34. The summed E-state index contributed by atoms with van der Waals surface area (Å²) in [6.07, 6.45) is 3.22. The number of rotatable bonds is 9. The van der Waals surface area contributed by atoms with E-state index in [1.807, 2.05) is 0 Å². The fraction of sp³-hybridized carbons (Fsp3) is 0.615. The summed E-state index contributed by atoms with van der Waals surface area (Å²) < 4.78 is 4.43. The molecule has 0 fully saturated rings. The Labute approximate surface area is 118 Å². The molecule has 0 radical (unpaired) electrons. The number of carbonyl (C=O) groups is 3. The number of carboxylic acids is 1. The maximum atomic E-state index is 11.8. The van der Waals surface area contributed by atoms with Crippen LogP contribution in [0.15, 0.2) is 12.7 Å². The van der Waals surface area contributed by atoms with Crippen LogP contribution in [0.4, 0.5) is 4.79 Å². The molecule has 0 bridgehead atoms. The van der Waals surface area contributed by atoms with Gasteiger partial charge < -0.3 is 20.1 Å². The molecular weight excluding hydrogens is 264 g/mol. The minimum atomic E-state index is -1.18. The van der Waals surface area contributed by atoms with Crippen LogP contribution in [0.2, 0.25) is 0 Å². The summed E-state index contributed by atoms with van der Waals surface area (Å²) >= 11 is 0. The molecule has 2 amide bonds. The predicted octanol–water partition coefficient (Wildman–Crippen LogP) is 1.00. The molecule has 0 aromatic carbocycles. The van der Waals surface area contributed by atoms with Crippen molar-refractivity contribution in [2.24, 2.45) is 0 Å². The molecule has 0 aromatic rings. The lowest BCUT2D eigenvalue weighted by Gasteiger charge is -2.21. The van der Waals surface area contributed by atoms with Gasteiger partial charge in [-0.15, -0.1) is 6.58 Å². The lowest BCUT2D eigenvalue weighted by Crippen LogP contribution is -2.47. The molecule has 0 rings (SSSR count). The molecule has 2 N–H and O–H groups in total. The lowest BCUT2D eigenvalue weighted by molar-refractivity contribution is -0.142. The summed E-state index contributed by atoms with van der Waals surface area (Å²) in [5.41, 5.74) is 0. The molecule has 0 aliphatic carbocycles. The molecule has 0 aromatic heterocycles. The van der Waals surface area contributed by atoms with E-state index in [1.165, 1.54) is 12.0 Å². The number of urea groups is 1. The van der Waals surface area contributed by atoms with E-state index in [9.17, 15) is 14.4 Å². The maximum Gasteiger partial charge on any atom is 0.326 e. The van der Waals surface area contributed by atoms with Crippen LogP contribution in [-0.2, 0) is 14.3 Å². The van der Waals surface area contributed by atoms with Gasteiger partial charge in [-0.3, -0.25) is 4.79 Å². The topological polar surface area (TPSA) is 95.9 Å². The SMILES string of the molecule is C=CCCCN(C)C(=O)N[C@@H](CCC(=O)OC)C(=O)O. The molecule has 0 spiro atoms. The molecule has 20 heavy (non-hydrogen) atoms. The minimum Gasteiger partial charge on any atom is -0.480 e. The van der Waals surface area contributed by atoms with Crippen molar-refractivity contribution in [2.45, 2.75) is 31.7 Å². The Hall–Kier alpha value is -2.05. The van der Waals surface area contributed by atoms with Crippen molar-refractivity contribution in [3.63, 3.8) is 0 Å². The van der Waals surface area contributed by atoms with Crippen LogP contribution in [0, 0.1) is 0 Å². The van der Waals surface area contributed by atoms with Crippen molar-refractivity contribution in [1.29, 1.82) is 0 Å². The van der Waals surface area contributed by atoms with Crippen molar-refractivity contribution < 1.29 is 24.2 Å². The number of carbonyl (C=O) groups excluding carboxylic acids is 2. The van der Waals surface area contributed by atoms with Gasteiger partial charge in [0.1, 0.15) is 6.04 Å². The van der Waals surface area contributed by atoms with E-state index in [0.717, 1.165) is 12.8 Å². The Morgan fingerprint density at radius 3 is 2.60 bits per heavy atom. The number of aliphatic carboxylic acids is 1. The number of allylic oxidation sites excluding steroid dienone is 1. The largest absolute Gasteiger partial charge is 0.480 e. The summed E-state index contributed by atoms with van der Waals surface area (Å²) in [6.45, 7) is 4.08. The predicted molar refractivity (Wildman–Crippen MR) is 73.3 cm³/mol. The molecule has 0 saturated carbocycles. The Morgan fingerprint density at radius 1 is 1.45 bits per heavy atom. The Kier molecular flexibility index (Phi) is 8.82. The molecule has 7 heteroatoms. The van der Waals surface area contributed by atoms with Gasteiger partial charge in [0.05, 0.1) is 7.11 Å². The Balaban J connectivity index is 4.28. The van der Waals surface area contributed by atoms with Gasteiger partial charge in [0.15, 0.2) is 0 Å². The highest BCUT2D eigenvalue weighted by atomic mass is 16.5. The number of nitrogens with zero attached hydrogens (tertiary/aromatic N) is 1. The number of amides is 2. The molecule has 0 heterocycles. The average Bonchev–Trinajstić information content (AvgIpc) is 2.42. The van der Waals surface area contributed by atoms with E-state index >= 15 is 0 Å². The molecular formula is C13H22N2O5. The molecule has 0 aliphatic rings. The zero-order valence-corrected chi connectivity index (χ0v) is 11.9. The van der Waals surface area contributed by atoms with E-state index in [2.05, 4.69) is 16.6 Å². The number of carboxylic acid groups (broad SMARTS) is 1. The van der Waals surface area contributed by atoms with E-state index in [-0.39, 0.29) is 12.8 Å². The standard InChI is InChI=1S/C13H22N2O5/c1-4-5-6-9-15(2)13(19)14-10(12(17)18)7-8-11(16)20-3/h4,10H,1,5-9H2,2-3H3,(H,14,19)(H,17,18)/t10-/m0/s1. The molecule has 114 valence electrons. The first-order valence-corrected chi connectivity index (χ1v) is 6.34. The van der Waals surface area contributed by atoms with Gasteiger partial charge in [-0.05, 0) is 19.3 Å². The minimum absolute atomic E-state index is 0.00571. The lowest BCUT2D eigenvalue weighted by atomic mass is 10.1. The van der Waals surface area contributed by atoms with Gasteiger partial charge in [-0.1, -0.05) is 6.08 Å². The fourth-order valence-electron chi connectivity index (χ4n) is 1.46. The third kappa shape index (κ3) is 7.40. The van der Waals surface area contributed by atoms with Crippen LogP contribution in [0.3, 0.4) is 0 Å². The van der Waals surface area contributed by atoms with Crippen LogP contribution < -0.4 is 5.32 Å². The number of hydrogen-bond donors (Lipinski definition) is 2. The van der Waals surface area contributed by atoms with Crippen molar-refractivity contribution in [1.82, 2.24) is 10.2 Å². The summed E-state index contributed by atoms with van der Waals surface area (Å²) in [7, 11) is 2.81. The normalized spacial score (nSPS) is 11.3. The van der Waals surface area contributed by atoms with E-state index in [4.69, 9.17) is 5.11 Å². The van der Waals surface area contributed by atoms with Crippen LogP contribution in [-0.4, -0.2) is 54.7 Å². The number of methoxy groups -OCH3 is 1. The summed E-state index contributed by atoms with van der Waals surface area (Å²) in [4.78, 5) is 35.2. The second kappa shape index (κ2) is 9.82. The highest BCUT2D eigenvalue weighted by molar-refractivity contribution is 5.83. The Bertz CT molecular complexity index is 357. The van der Waals surface area contributed by atoms with Gasteiger partial charge >= 0.3 is 18.0 Å². The number of unbranched alkanes of at least 4 members (excludes halogenated alkanes) is 1. The zero-order valence-electron chi connectivity index (χ0n) is 11.9. The monoisotopic (exact) mass is 286 g/mol. The summed E-state index contributed by atoms with van der Waals surface area (Å²) in [6, 6.07) is -1.59. The van der Waals surface area contributed by atoms with Crippen molar-refractivity contribution in [3.05, 3.63) is 12.7 Å². The number of ether oxygens (including phenoxy) is 1. The van der Waals surface area contributed by atoms with Crippen molar-refractivity contribution in [3.8, 4) is 0 Å².